The number of unbranched alkanes of at least 4 members (excludes halogenated alkanes) is 3. The molecular formula is C22H26Cl2N3O+. The molecule has 0 fully saturated rings. The van der Waals surface area contributed by atoms with Gasteiger partial charge in [-0.25, -0.2) is 5.43 Å². The summed E-state index contributed by atoms with van der Waals surface area (Å²) in [5.74, 6) is -0.162. The van der Waals surface area contributed by atoms with Crippen molar-refractivity contribution in [1.29, 1.82) is 0 Å². The number of hydrazone groups is 1. The fourth-order valence-electron chi connectivity index (χ4n) is 2.59. The fraction of sp³-hybridized carbons (Fsp3) is 0.318. The summed E-state index contributed by atoms with van der Waals surface area (Å²) >= 11 is 12.0. The van der Waals surface area contributed by atoms with Crippen molar-refractivity contribution < 1.29 is 9.36 Å². The largest absolute Gasteiger partial charge is 0.305 e. The molecule has 0 atom stereocenters. The van der Waals surface area contributed by atoms with E-state index in [-0.39, 0.29) is 12.5 Å². The van der Waals surface area contributed by atoms with Crippen molar-refractivity contribution in [2.24, 2.45) is 5.10 Å². The number of rotatable bonds is 10. The van der Waals surface area contributed by atoms with Crippen LogP contribution in [-0.4, -0.2) is 11.6 Å². The van der Waals surface area contributed by atoms with Gasteiger partial charge in [-0.15, -0.1) is 0 Å². The summed E-state index contributed by atoms with van der Waals surface area (Å²) in [6.07, 6.45) is 12.9. The molecule has 0 aliphatic rings. The fourth-order valence-corrected chi connectivity index (χ4v) is 2.90. The van der Waals surface area contributed by atoms with Gasteiger partial charge in [-0.3, -0.25) is 4.79 Å². The smallest absolute Gasteiger partial charge is 0.266 e. The lowest BCUT2D eigenvalue weighted by molar-refractivity contribution is -0.684. The SMILES string of the molecule is CCCCCCC(/C=C\c1ccc(Cl)c(Cl)c1)=N\NC(=O)C[n+]1ccccc1. The van der Waals surface area contributed by atoms with Gasteiger partial charge in [0.15, 0.2) is 12.4 Å². The molecule has 1 heterocycles. The second-order valence-corrected chi connectivity index (χ2v) is 7.32. The van der Waals surface area contributed by atoms with E-state index < -0.39 is 0 Å². The lowest BCUT2D eigenvalue weighted by atomic mass is 10.1. The van der Waals surface area contributed by atoms with E-state index in [1.54, 1.807) is 16.7 Å². The van der Waals surface area contributed by atoms with Gasteiger partial charge < -0.3 is 0 Å². The van der Waals surface area contributed by atoms with Crippen molar-refractivity contribution in [2.45, 2.75) is 45.6 Å². The van der Waals surface area contributed by atoms with Crippen LogP contribution in [0, 0.1) is 0 Å². The van der Waals surface area contributed by atoms with Gasteiger partial charge in [-0.2, -0.15) is 9.67 Å². The number of carbonyl (C=O) groups excluding carboxylic acids is 1. The molecule has 0 saturated heterocycles. The first kappa shape index (κ1) is 22.1. The monoisotopic (exact) mass is 418 g/mol. The highest BCUT2D eigenvalue weighted by Crippen LogP contribution is 2.23. The van der Waals surface area contributed by atoms with Gasteiger partial charge in [0.05, 0.1) is 15.8 Å². The highest BCUT2D eigenvalue weighted by Gasteiger charge is 2.07. The van der Waals surface area contributed by atoms with Crippen LogP contribution in [0.5, 0.6) is 0 Å². The number of nitrogens with one attached hydrogen (secondary N) is 1. The molecule has 0 bridgehead atoms. The van der Waals surface area contributed by atoms with Crippen molar-refractivity contribution in [3.63, 3.8) is 0 Å². The van der Waals surface area contributed by atoms with Gasteiger partial charge in [0.25, 0.3) is 0 Å². The second-order valence-electron chi connectivity index (χ2n) is 6.50. The molecule has 0 saturated carbocycles. The minimum Gasteiger partial charge on any atom is -0.266 e. The van der Waals surface area contributed by atoms with Gasteiger partial charge in [0.2, 0.25) is 6.54 Å². The number of pyridine rings is 1. The van der Waals surface area contributed by atoms with E-state index in [1.165, 1.54) is 12.8 Å². The summed E-state index contributed by atoms with van der Waals surface area (Å²) in [7, 11) is 0. The number of nitrogens with zero attached hydrogens (tertiary/aromatic N) is 2. The van der Waals surface area contributed by atoms with Crippen LogP contribution in [0.15, 0.2) is 60.0 Å². The van der Waals surface area contributed by atoms with Crippen LogP contribution in [0.1, 0.15) is 44.6 Å². The quantitative estimate of drug-likeness (QED) is 0.237. The summed E-state index contributed by atoms with van der Waals surface area (Å²) < 4.78 is 1.80. The topological polar surface area (TPSA) is 45.3 Å². The summed E-state index contributed by atoms with van der Waals surface area (Å²) in [6.45, 7) is 2.41. The average molecular weight is 419 g/mol. The Morgan fingerprint density at radius 2 is 1.89 bits per heavy atom. The zero-order chi connectivity index (χ0) is 20.2. The number of aromatic nitrogens is 1. The molecule has 1 aromatic carbocycles. The van der Waals surface area contributed by atoms with E-state index in [1.807, 2.05) is 48.8 Å². The zero-order valence-electron chi connectivity index (χ0n) is 16.1. The van der Waals surface area contributed by atoms with Gasteiger partial charge in [0.1, 0.15) is 0 Å². The molecule has 1 N–H and O–H groups in total. The van der Waals surface area contributed by atoms with Crippen molar-refractivity contribution in [2.75, 3.05) is 0 Å². The Labute approximate surface area is 176 Å². The van der Waals surface area contributed by atoms with E-state index >= 15 is 0 Å². The lowest BCUT2D eigenvalue weighted by Gasteiger charge is -2.04. The van der Waals surface area contributed by atoms with E-state index in [0.29, 0.717) is 10.0 Å². The Kier molecular flexibility index (Phi) is 9.73. The lowest BCUT2D eigenvalue weighted by Crippen LogP contribution is -2.41. The molecule has 0 unspecified atom stereocenters. The molecular weight excluding hydrogens is 393 g/mol. The summed E-state index contributed by atoms with van der Waals surface area (Å²) in [5.41, 5.74) is 4.42. The molecule has 2 rings (SSSR count). The number of benzene rings is 1. The van der Waals surface area contributed by atoms with Crippen molar-refractivity contribution in [3.8, 4) is 0 Å². The predicted molar refractivity (Wildman–Crippen MR) is 116 cm³/mol. The van der Waals surface area contributed by atoms with Crippen LogP contribution < -0.4 is 9.99 Å². The third-order valence-corrected chi connectivity index (χ3v) is 4.87. The van der Waals surface area contributed by atoms with E-state index in [4.69, 9.17) is 23.2 Å². The molecule has 0 aliphatic carbocycles. The van der Waals surface area contributed by atoms with E-state index in [9.17, 15) is 4.79 Å². The molecule has 0 radical (unpaired) electrons. The first-order chi connectivity index (χ1) is 13.6. The number of hydrogen-bond donors (Lipinski definition) is 1. The number of carbonyl (C=O) groups is 1. The Morgan fingerprint density at radius 3 is 2.61 bits per heavy atom. The van der Waals surface area contributed by atoms with E-state index in [0.717, 1.165) is 30.5 Å². The van der Waals surface area contributed by atoms with Crippen LogP contribution in [0.25, 0.3) is 6.08 Å². The molecule has 28 heavy (non-hydrogen) atoms. The molecule has 2 aromatic rings. The minimum absolute atomic E-state index is 0.162. The van der Waals surface area contributed by atoms with Crippen LogP contribution >= 0.6 is 23.2 Å². The van der Waals surface area contributed by atoms with Crippen LogP contribution in [0.3, 0.4) is 0 Å². The third-order valence-electron chi connectivity index (χ3n) is 4.13. The number of hydrogen-bond acceptors (Lipinski definition) is 2. The maximum Gasteiger partial charge on any atom is 0.305 e. The summed E-state index contributed by atoms with van der Waals surface area (Å²) in [5, 5.41) is 5.37. The Hall–Kier alpha value is -2.17. The normalized spacial score (nSPS) is 11.8. The third kappa shape index (κ3) is 8.24. The predicted octanol–water partition coefficient (Wildman–Crippen LogP) is 5.44. The standard InChI is InChI=1S/C22H25Cl2N3O/c1-2-3-4-6-9-19(12-10-18-11-13-20(23)21(24)16-18)25-26-22(28)17-27-14-7-5-8-15-27/h5,7-8,10-16H,2-4,6,9,17H2,1H3/p+1/b12-10-,25-19+. The molecule has 6 heteroatoms. The first-order valence-corrected chi connectivity index (χ1v) is 10.3. The van der Waals surface area contributed by atoms with Crippen molar-refractivity contribution in [1.82, 2.24) is 5.43 Å². The van der Waals surface area contributed by atoms with Crippen LogP contribution in [-0.2, 0) is 11.3 Å². The molecule has 0 spiro atoms. The molecule has 0 aliphatic heterocycles. The van der Waals surface area contributed by atoms with Gasteiger partial charge in [-0.05, 0) is 36.6 Å². The minimum atomic E-state index is -0.162. The van der Waals surface area contributed by atoms with E-state index in [2.05, 4.69) is 17.5 Å². The van der Waals surface area contributed by atoms with Gasteiger partial charge in [-0.1, -0.05) is 67.6 Å². The second kappa shape index (κ2) is 12.3. The molecule has 148 valence electrons. The summed E-state index contributed by atoms with van der Waals surface area (Å²) in [6, 6.07) is 11.1. The average Bonchev–Trinajstić information content (AvgIpc) is 2.70. The zero-order valence-corrected chi connectivity index (χ0v) is 17.6. The van der Waals surface area contributed by atoms with Crippen molar-refractivity contribution >= 4 is 40.9 Å². The first-order valence-electron chi connectivity index (χ1n) is 9.51. The highest BCUT2D eigenvalue weighted by atomic mass is 35.5. The molecule has 4 nitrogen and oxygen atoms in total. The van der Waals surface area contributed by atoms with Crippen LogP contribution in [0.4, 0.5) is 0 Å². The van der Waals surface area contributed by atoms with Crippen molar-refractivity contribution in [3.05, 3.63) is 70.5 Å². The Morgan fingerprint density at radius 1 is 1.11 bits per heavy atom. The number of amides is 1. The maximum atomic E-state index is 12.2. The maximum absolute atomic E-state index is 12.2. The molecule has 1 amide bonds. The number of halogens is 2. The number of allylic oxidation sites excluding steroid dienone is 1. The Balaban J connectivity index is 2.02. The van der Waals surface area contributed by atoms with Crippen LogP contribution in [0.2, 0.25) is 10.0 Å². The Bertz CT molecular complexity index is 820. The summed E-state index contributed by atoms with van der Waals surface area (Å²) in [4.78, 5) is 12.2. The molecule has 1 aromatic heterocycles. The highest BCUT2D eigenvalue weighted by molar-refractivity contribution is 6.42. The van der Waals surface area contributed by atoms with Gasteiger partial charge >= 0.3 is 5.91 Å². The van der Waals surface area contributed by atoms with Gasteiger partial charge in [0, 0.05) is 12.1 Å².